The van der Waals surface area contributed by atoms with Crippen LogP contribution in [0.25, 0.3) is 0 Å². The summed E-state index contributed by atoms with van der Waals surface area (Å²) in [4.78, 5) is 23.3. The number of amides is 1. The number of ether oxygens (including phenoxy) is 2. The fraction of sp³-hybridized carbons (Fsp3) is 0.200. The monoisotopic (exact) mass is 386 g/mol. The molecule has 140 valence electrons. The van der Waals surface area contributed by atoms with E-state index in [4.69, 9.17) is 22.1 Å². The molecule has 0 fully saturated rings. The number of hydrogen-bond acceptors (Lipinski definition) is 5. The molecule has 0 aromatic heterocycles. The predicted molar refractivity (Wildman–Crippen MR) is 103 cm³/mol. The second kappa shape index (κ2) is 10.1. The van der Waals surface area contributed by atoms with E-state index in [1.54, 1.807) is 0 Å². The molecule has 0 spiro atoms. The fourth-order valence-electron chi connectivity index (χ4n) is 2.13. The van der Waals surface area contributed by atoms with Crippen molar-refractivity contribution >= 4 is 29.4 Å². The van der Waals surface area contributed by atoms with Crippen molar-refractivity contribution < 1.29 is 19.1 Å². The van der Waals surface area contributed by atoms with Crippen LogP contribution in [-0.4, -0.2) is 25.7 Å². The molecule has 3 N–H and O–H groups in total. The predicted octanol–water partition coefficient (Wildman–Crippen LogP) is 3.38. The molecule has 2 aromatic rings. The maximum Gasteiger partial charge on any atom is 0.407 e. The molecule has 0 aliphatic heterocycles. The standard InChI is InChI=1S/C20H19ClN2O4/c1-26-19(24)16-11-15(17(21)12-18(16)22)9-5-6-10-23-20(25)27-13-14-7-3-2-4-8-14/h2-4,7-8,11-12H,6,10,13,22H2,1H3,(H,23,25). The quantitative estimate of drug-likeness (QED) is 0.356. The van der Waals surface area contributed by atoms with Gasteiger partial charge < -0.3 is 20.5 Å². The van der Waals surface area contributed by atoms with Crippen LogP contribution in [0.4, 0.5) is 10.5 Å². The number of methoxy groups -OCH3 is 1. The largest absolute Gasteiger partial charge is 0.465 e. The second-order valence-corrected chi connectivity index (χ2v) is 5.86. The van der Waals surface area contributed by atoms with Crippen LogP contribution in [-0.2, 0) is 16.1 Å². The normalized spacial score (nSPS) is 9.70. The number of alkyl carbamates (subject to hydrolysis) is 1. The van der Waals surface area contributed by atoms with E-state index >= 15 is 0 Å². The zero-order valence-corrected chi connectivity index (χ0v) is 15.5. The molecule has 27 heavy (non-hydrogen) atoms. The third-order valence-corrected chi connectivity index (χ3v) is 3.81. The molecule has 0 unspecified atom stereocenters. The van der Waals surface area contributed by atoms with Gasteiger partial charge in [-0.2, -0.15) is 0 Å². The van der Waals surface area contributed by atoms with E-state index < -0.39 is 12.1 Å². The van der Waals surface area contributed by atoms with Crippen molar-refractivity contribution in [1.82, 2.24) is 5.32 Å². The molecule has 0 aliphatic rings. The summed E-state index contributed by atoms with van der Waals surface area (Å²) >= 11 is 6.09. The van der Waals surface area contributed by atoms with Gasteiger partial charge in [0.1, 0.15) is 6.61 Å². The van der Waals surface area contributed by atoms with Gasteiger partial charge in [-0.1, -0.05) is 53.8 Å². The van der Waals surface area contributed by atoms with Crippen molar-refractivity contribution in [2.75, 3.05) is 19.4 Å². The third-order valence-electron chi connectivity index (χ3n) is 3.50. The molecule has 0 saturated heterocycles. The Morgan fingerprint density at radius 1 is 1.22 bits per heavy atom. The zero-order chi connectivity index (χ0) is 19.6. The SMILES string of the molecule is COC(=O)c1cc(C#CCCNC(=O)OCc2ccccc2)c(Cl)cc1N. The first-order chi connectivity index (χ1) is 13.0. The Labute approximate surface area is 162 Å². The summed E-state index contributed by atoms with van der Waals surface area (Å²) < 4.78 is 9.76. The summed E-state index contributed by atoms with van der Waals surface area (Å²) in [5.74, 6) is 5.17. The molecule has 2 rings (SSSR count). The smallest absolute Gasteiger partial charge is 0.407 e. The van der Waals surface area contributed by atoms with Crippen LogP contribution in [0.5, 0.6) is 0 Å². The molecule has 0 radical (unpaired) electrons. The lowest BCUT2D eigenvalue weighted by Crippen LogP contribution is -2.24. The maximum atomic E-state index is 11.7. The molecule has 6 nitrogen and oxygen atoms in total. The van der Waals surface area contributed by atoms with E-state index in [2.05, 4.69) is 21.9 Å². The van der Waals surface area contributed by atoms with Gasteiger partial charge >= 0.3 is 12.1 Å². The minimum Gasteiger partial charge on any atom is -0.465 e. The molecule has 0 saturated carbocycles. The lowest BCUT2D eigenvalue weighted by Gasteiger charge is -2.06. The molecule has 0 heterocycles. The van der Waals surface area contributed by atoms with Gasteiger partial charge in [-0.15, -0.1) is 0 Å². The number of nitrogen functional groups attached to an aromatic ring is 1. The van der Waals surface area contributed by atoms with E-state index in [-0.39, 0.29) is 17.9 Å². The van der Waals surface area contributed by atoms with Gasteiger partial charge in [-0.3, -0.25) is 0 Å². The van der Waals surface area contributed by atoms with E-state index in [1.807, 2.05) is 30.3 Å². The summed E-state index contributed by atoms with van der Waals surface area (Å²) in [6, 6.07) is 12.3. The number of esters is 1. The Kier molecular flexibility index (Phi) is 7.53. The third kappa shape index (κ3) is 6.24. The maximum absolute atomic E-state index is 11.7. The van der Waals surface area contributed by atoms with Crippen molar-refractivity contribution in [1.29, 1.82) is 0 Å². The molecular weight excluding hydrogens is 368 g/mol. The van der Waals surface area contributed by atoms with Gasteiger partial charge in [0.25, 0.3) is 0 Å². The number of carbonyl (C=O) groups is 2. The van der Waals surface area contributed by atoms with E-state index in [0.29, 0.717) is 23.6 Å². The average molecular weight is 387 g/mol. The highest BCUT2D eigenvalue weighted by Crippen LogP contribution is 2.23. The number of nitrogens with two attached hydrogens (primary N) is 1. The number of hydrogen-bond donors (Lipinski definition) is 2. The van der Waals surface area contributed by atoms with E-state index in [0.717, 1.165) is 5.56 Å². The first kappa shape index (κ1) is 20.1. The van der Waals surface area contributed by atoms with E-state index in [9.17, 15) is 9.59 Å². The topological polar surface area (TPSA) is 90.6 Å². The molecule has 1 amide bonds. The second-order valence-electron chi connectivity index (χ2n) is 5.45. The lowest BCUT2D eigenvalue weighted by molar-refractivity contribution is 0.0602. The van der Waals surface area contributed by atoms with Gasteiger partial charge in [-0.05, 0) is 17.7 Å². The number of rotatable bonds is 5. The minimum absolute atomic E-state index is 0.203. The van der Waals surface area contributed by atoms with Crippen LogP contribution >= 0.6 is 11.6 Å². The molecule has 0 atom stereocenters. The van der Waals surface area contributed by atoms with Crippen molar-refractivity contribution in [3.8, 4) is 11.8 Å². The summed E-state index contributed by atoms with van der Waals surface area (Å²) in [5, 5.41) is 2.95. The van der Waals surface area contributed by atoms with Gasteiger partial charge in [-0.25, -0.2) is 9.59 Å². The number of anilines is 1. The summed E-state index contributed by atoms with van der Waals surface area (Å²) in [6.45, 7) is 0.521. The van der Waals surface area contributed by atoms with Crippen molar-refractivity contribution in [3.05, 3.63) is 64.2 Å². The molecule has 7 heteroatoms. The minimum atomic E-state index is -0.560. The summed E-state index contributed by atoms with van der Waals surface area (Å²) in [5.41, 5.74) is 7.54. The highest BCUT2D eigenvalue weighted by atomic mass is 35.5. The van der Waals surface area contributed by atoms with Crippen LogP contribution in [0.1, 0.15) is 27.9 Å². The van der Waals surface area contributed by atoms with Crippen LogP contribution in [0.15, 0.2) is 42.5 Å². The van der Waals surface area contributed by atoms with Crippen LogP contribution in [0.3, 0.4) is 0 Å². The Bertz CT molecular complexity index is 873. The molecule has 2 aromatic carbocycles. The Morgan fingerprint density at radius 2 is 1.96 bits per heavy atom. The summed E-state index contributed by atoms with van der Waals surface area (Å²) in [7, 11) is 1.27. The number of benzene rings is 2. The van der Waals surface area contributed by atoms with Crippen LogP contribution in [0.2, 0.25) is 5.02 Å². The summed E-state index contributed by atoms with van der Waals surface area (Å²) in [6.07, 6.45) is -0.131. The van der Waals surface area contributed by atoms with Crippen molar-refractivity contribution in [3.63, 3.8) is 0 Å². The fourth-order valence-corrected chi connectivity index (χ4v) is 2.35. The lowest BCUT2D eigenvalue weighted by atomic mass is 10.1. The highest BCUT2D eigenvalue weighted by Gasteiger charge is 2.12. The zero-order valence-electron chi connectivity index (χ0n) is 14.8. The number of nitrogens with one attached hydrogen (secondary N) is 1. The van der Waals surface area contributed by atoms with Gasteiger partial charge in [0, 0.05) is 24.2 Å². The number of halogens is 1. The van der Waals surface area contributed by atoms with Crippen molar-refractivity contribution in [2.24, 2.45) is 0 Å². The highest BCUT2D eigenvalue weighted by molar-refractivity contribution is 6.32. The average Bonchev–Trinajstić information content (AvgIpc) is 2.67. The molecular formula is C20H19ClN2O4. The number of carbonyl (C=O) groups excluding carboxylic acids is 2. The Balaban J connectivity index is 1.83. The molecule has 0 aliphatic carbocycles. The Hall–Kier alpha value is -3.17. The van der Waals surface area contributed by atoms with Crippen LogP contribution in [0, 0.1) is 11.8 Å². The molecule has 0 bridgehead atoms. The first-order valence-corrected chi connectivity index (χ1v) is 8.50. The van der Waals surface area contributed by atoms with Gasteiger partial charge in [0.05, 0.1) is 17.7 Å². The van der Waals surface area contributed by atoms with Crippen LogP contribution < -0.4 is 11.1 Å². The van der Waals surface area contributed by atoms with Gasteiger partial charge in [0.15, 0.2) is 0 Å². The van der Waals surface area contributed by atoms with Gasteiger partial charge in [0.2, 0.25) is 0 Å². The first-order valence-electron chi connectivity index (χ1n) is 8.12. The van der Waals surface area contributed by atoms with Crippen molar-refractivity contribution in [2.45, 2.75) is 13.0 Å². The van der Waals surface area contributed by atoms with E-state index in [1.165, 1.54) is 19.2 Å². The Morgan fingerprint density at radius 3 is 2.67 bits per heavy atom.